The molecule has 2 aromatic rings. The Kier molecular flexibility index (Phi) is 9.84. The van der Waals surface area contributed by atoms with Crippen molar-refractivity contribution in [2.75, 3.05) is 17.2 Å². The summed E-state index contributed by atoms with van der Waals surface area (Å²) in [6.45, 7) is 0.906. The van der Waals surface area contributed by atoms with Crippen molar-refractivity contribution in [1.82, 2.24) is 10.9 Å². The van der Waals surface area contributed by atoms with Crippen LogP contribution in [-0.4, -0.2) is 36.2 Å². The Balaban J connectivity index is 1.61. The average molecular weight is 475 g/mol. The molecule has 0 atom stereocenters. The highest BCUT2D eigenvalue weighted by atomic mass is 35.5. The van der Waals surface area contributed by atoms with Gasteiger partial charge in [-0.25, -0.2) is 0 Å². The van der Waals surface area contributed by atoms with Crippen LogP contribution in [0.3, 0.4) is 0 Å². The van der Waals surface area contributed by atoms with E-state index in [9.17, 15) is 24.0 Å². The number of anilines is 2. The molecule has 2 aromatic carbocycles. The Labute approximate surface area is 195 Å². The maximum atomic E-state index is 12.0. The van der Waals surface area contributed by atoms with Gasteiger partial charge in [0, 0.05) is 31.1 Å². The van der Waals surface area contributed by atoms with Crippen molar-refractivity contribution in [3.8, 4) is 0 Å². The normalized spacial score (nSPS) is 10.0. The third-order valence-corrected chi connectivity index (χ3v) is 4.40. The molecule has 0 saturated heterocycles. The standard InChI is InChI=1S/C22H23ClN4O6/c1-14(28)24-15-9-11-16(12-10-15)25-20(30)13-33-21(31)8-4-7-19(29)26-27-22(32)17-5-2-3-6-18(17)23/h2-3,5-6,9-12H,4,7-8,13H2,1H3,(H,24,28)(H,25,30)(H,26,29)(H,27,32). The summed E-state index contributed by atoms with van der Waals surface area (Å²) < 4.78 is 4.88. The first-order chi connectivity index (χ1) is 15.7. The summed E-state index contributed by atoms with van der Waals surface area (Å²) in [6.07, 6.45) is 0.0498. The van der Waals surface area contributed by atoms with Crippen LogP contribution in [0.1, 0.15) is 36.5 Å². The number of carbonyl (C=O) groups is 5. The van der Waals surface area contributed by atoms with Crippen LogP contribution in [0.15, 0.2) is 48.5 Å². The van der Waals surface area contributed by atoms with Crippen molar-refractivity contribution in [2.45, 2.75) is 26.2 Å². The van der Waals surface area contributed by atoms with Gasteiger partial charge in [-0.15, -0.1) is 0 Å². The number of rotatable bonds is 9. The van der Waals surface area contributed by atoms with Gasteiger partial charge in [0.05, 0.1) is 10.6 Å². The van der Waals surface area contributed by atoms with Gasteiger partial charge in [-0.3, -0.25) is 34.8 Å². The minimum Gasteiger partial charge on any atom is -0.456 e. The molecule has 0 bridgehead atoms. The summed E-state index contributed by atoms with van der Waals surface area (Å²) >= 11 is 5.91. The van der Waals surface area contributed by atoms with Crippen LogP contribution in [0, 0.1) is 0 Å². The summed E-state index contributed by atoms with van der Waals surface area (Å²) in [5, 5.41) is 5.40. The maximum Gasteiger partial charge on any atom is 0.306 e. The molecule has 174 valence electrons. The summed E-state index contributed by atoms with van der Waals surface area (Å²) in [4.78, 5) is 58.4. The molecule has 0 radical (unpaired) electrons. The summed E-state index contributed by atoms with van der Waals surface area (Å²) in [5.74, 6) is -2.44. The summed E-state index contributed by atoms with van der Waals surface area (Å²) in [7, 11) is 0. The topological polar surface area (TPSA) is 143 Å². The van der Waals surface area contributed by atoms with E-state index in [1.165, 1.54) is 13.0 Å². The molecule has 0 fully saturated rings. The largest absolute Gasteiger partial charge is 0.456 e. The molecular weight excluding hydrogens is 452 g/mol. The van der Waals surface area contributed by atoms with E-state index in [1.54, 1.807) is 42.5 Å². The van der Waals surface area contributed by atoms with Gasteiger partial charge >= 0.3 is 5.97 Å². The molecule has 0 unspecified atom stereocenters. The van der Waals surface area contributed by atoms with E-state index < -0.39 is 30.3 Å². The van der Waals surface area contributed by atoms with E-state index in [2.05, 4.69) is 21.5 Å². The SMILES string of the molecule is CC(=O)Nc1ccc(NC(=O)COC(=O)CCCC(=O)NNC(=O)c2ccccc2Cl)cc1. The molecule has 4 N–H and O–H groups in total. The van der Waals surface area contributed by atoms with Crippen LogP contribution in [0.5, 0.6) is 0 Å². The lowest BCUT2D eigenvalue weighted by atomic mass is 10.2. The average Bonchev–Trinajstić information content (AvgIpc) is 2.77. The van der Waals surface area contributed by atoms with Crippen molar-refractivity contribution in [3.05, 3.63) is 59.1 Å². The van der Waals surface area contributed by atoms with E-state index in [4.69, 9.17) is 16.3 Å². The molecule has 0 aliphatic rings. The Morgan fingerprint density at radius 1 is 0.818 bits per heavy atom. The lowest BCUT2D eigenvalue weighted by Crippen LogP contribution is -2.41. The van der Waals surface area contributed by atoms with E-state index >= 15 is 0 Å². The van der Waals surface area contributed by atoms with Crippen molar-refractivity contribution in [1.29, 1.82) is 0 Å². The van der Waals surface area contributed by atoms with Crippen LogP contribution in [0.2, 0.25) is 5.02 Å². The second-order valence-corrected chi connectivity index (χ2v) is 7.21. The van der Waals surface area contributed by atoms with E-state index in [1.807, 2.05) is 0 Å². The Morgan fingerprint density at radius 2 is 1.45 bits per heavy atom. The number of amides is 4. The number of carbonyl (C=O) groups excluding carboxylic acids is 5. The first-order valence-corrected chi connectivity index (χ1v) is 10.3. The maximum absolute atomic E-state index is 12.0. The molecule has 4 amide bonds. The molecule has 0 aromatic heterocycles. The fraction of sp³-hybridized carbons (Fsp3) is 0.227. The Hall–Kier alpha value is -3.92. The molecule has 0 spiro atoms. The number of hydrogen-bond acceptors (Lipinski definition) is 6. The Bertz CT molecular complexity index is 1030. The number of esters is 1. The van der Waals surface area contributed by atoms with Crippen LogP contribution in [0.4, 0.5) is 11.4 Å². The Morgan fingerprint density at radius 3 is 2.09 bits per heavy atom. The summed E-state index contributed by atoms with van der Waals surface area (Å²) in [5.41, 5.74) is 5.75. The third kappa shape index (κ3) is 9.40. The van der Waals surface area contributed by atoms with Gasteiger partial charge in [0.1, 0.15) is 0 Å². The molecule has 0 heterocycles. The number of benzene rings is 2. The zero-order valence-corrected chi connectivity index (χ0v) is 18.5. The minimum atomic E-state index is -0.640. The second-order valence-electron chi connectivity index (χ2n) is 6.80. The van der Waals surface area contributed by atoms with Crippen LogP contribution in [0.25, 0.3) is 0 Å². The molecule has 0 aliphatic heterocycles. The van der Waals surface area contributed by atoms with Gasteiger partial charge in [-0.1, -0.05) is 23.7 Å². The fourth-order valence-electron chi connectivity index (χ4n) is 2.55. The van der Waals surface area contributed by atoms with E-state index in [0.717, 1.165) is 0 Å². The molecule has 0 saturated carbocycles. The number of hydrazine groups is 1. The fourth-order valence-corrected chi connectivity index (χ4v) is 2.77. The minimum absolute atomic E-state index is 0.0370. The van der Waals surface area contributed by atoms with E-state index in [0.29, 0.717) is 11.4 Å². The number of ether oxygens (including phenoxy) is 1. The quantitative estimate of drug-likeness (QED) is 0.324. The number of hydrogen-bond donors (Lipinski definition) is 4. The molecule has 33 heavy (non-hydrogen) atoms. The van der Waals surface area contributed by atoms with Gasteiger partial charge in [0.15, 0.2) is 6.61 Å². The zero-order valence-electron chi connectivity index (χ0n) is 17.8. The first-order valence-electron chi connectivity index (χ1n) is 9.91. The molecule has 0 aliphatic carbocycles. The number of nitrogens with one attached hydrogen (secondary N) is 4. The highest BCUT2D eigenvalue weighted by Gasteiger charge is 2.12. The smallest absolute Gasteiger partial charge is 0.306 e. The predicted octanol–water partition coefficient (Wildman–Crippen LogP) is 2.41. The van der Waals surface area contributed by atoms with Gasteiger partial charge in [-0.05, 0) is 42.8 Å². The van der Waals surface area contributed by atoms with Gasteiger partial charge in [0.2, 0.25) is 11.8 Å². The zero-order chi connectivity index (χ0) is 24.2. The molecule has 2 rings (SSSR count). The first kappa shape index (κ1) is 25.3. The van der Waals surface area contributed by atoms with Crippen molar-refractivity contribution >= 4 is 52.6 Å². The highest BCUT2D eigenvalue weighted by molar-refractivity contribution is 6.33. The molecule has 11 heteroatoms. The van der Waals surface area contributed by atoms with Crippen molar-refractivity contribution in [3.63, 3.8) is 0 Å². The predicted molar refractivity (Wildman–Crippen MR) is 121 cm³/mol. The van der Waals surface area contributed by atoms with Crippen LogP contribution >= 0.6 is 11.6 Å². The molecular formula is C22H23ClN4O6. The van der Waals surface area contributed by atoms with Crippen molar-refractivity contribution < 1.29 is 28.7 Å². The highest BCUT2D eigenvalue weighted by Crippen LogP contribution is 2.14. The van der Waals surface area contributed by atoms with Gasteiger partial charge in [0.25, 0.3) is 11.8 Å². The van der Waals surface area contributed by atoms with Crippen molar-refractivity contribution in [2.24, 2.45) is 0 Å². The third-order valence-electron chi connectivity index (χ3n) is 4.07. The lowest BCUT2D eigenvalue weighted by molar-refractivity contribution is -0.147. The van der Waals surface area contributed by atoms with Crippen LogP contribution < -0.4 is 21.5 Å². The summed E-state index contributed by atoms with van der Waals surface area (Å²) in [6, 6.07) is 12.8. The van der Waals surface area contributed by atoms with Gasteiger partial charge in [-0.2, -0.15) is 0 Å². The van der Waals surface area contributed by atoms with Gasteiger partial charge < -0.3 is 15.4 Å². The van der Waals surface area contributed by atoms with E-state index in [-0.39, 0.29) is 35.8 Å². The monoisotopic (exact) mass is 474 g/mol. The second kappa shape index (κ2) is 12.8. The number of halogens is 1. The lowest BCUT2D eigenvalue weighted by Gasteiger charge is -2.09. The molecule has 10 nitrogen and oxygen atoms in total. The van der Waals surface area contributed by atoms with Crippen LogP contribution in [-0.2, 0) is 23.9 Å².